The minimum Gasteiger partial charge on any atom is -0.370 e. The summed E-state index contributed by atoms with van der Waals surface area (Å²) in [6.07, 6.45) is 2.52. The van der Waals surface area contributed by atoms with Crippen molar-refractivity contribution in [3.05, 3.63) is 28.0 Å². The fourth-order valence-corrected chi connectivity index (χ4v) is 1.53. The molecule has 6 nitrogen and oxygen atoms in total. The summed E-state index contributed by atoms with van der Waals surface area (Å²) in [4.78, 5) is 11.2. The third kappa shape index (κ3) is 1.47. The third-order valence-corrected chi connectivity index (χ3v) is 2.20. The van der Waals surface area contributed by atoms with Crippen molar-refractivity contribution in [2.75, 3.05) is 11.9 Å². The van der Waals surface area contributed by atoms with Gasteiger partial charge in [0.1, 0.15) is 11.6 Å². The number of nitrogens with one attached hydrogen (secondary N) is 1. The van der Waals surface area contributed by atoms with Gasteiger partial charge in [-0.25, -0.2) is 9.97 Å². The number of hydrogen-bond acceptors (Lipinski definition) is 4. The van der Waals surface area contributed by atoms with Gasteiger partial charge in [0.15, 0.2) is 0 Å². The number of aryl methyl sites for hydroxylation is 1. The Hall–Kier alpha value is -1.81. The number of anilines is 1. The molecular formula is C8H10N6. The Bertz CT molecular complexity index is 395. The van der Waals surface area contributed by atoms with Crippen molar-refractivity contribution >= 4 is 5.82 Å². The molecule has 1 aliphatic heterocycles. The highest BCUT2D eigenvalue weighted by Gasteiger charge is 2.20. The minimum atomic E-state index is -0.128. The summed E-state index contributed by atoms with van der Waals surface area (Å²) in [6.45, 7) is 2.62. The van der Waals surface area contributed by atoms with E-state index >= 15 is 0 Å². The lowest BCUT2D eigenvalue weighted by atomic mass is 10.0. The van der Waals surface area contributed by atoms with Crippen LogP contribution in [0.5, 0.6) is 0 Å². The second-order valence-electron chi connectivity index (χ2n) is 3.16. The normalized spacial score (nSPS) is 19.1. The largest absolute Gasteiger partial charge is 0.370 e. The lowest BCUT2D eigenvalue weighted by molar-refractivity contribution is 0.639. The Labute approximate surface area is 81.0 Å². The number of nitrogens with zero attached hydrogens (tertiary/aromatic N) is 5. The first-order valence-electron chi connectivity index (χ1n) is 4.43. The van der Waals surface area contributed by atoms with Crippen LogP contribution in [-0.2, 0) is 0 Å². The van der Waals surface area contributed by atoms with E-state index in [4.69, 9.17) is 5.53 Å². The molecule has 0 spiro atoms. The molecule has 0 aromatic carbocycles. The van der Waals surface area contributed by atoms with Gasteiger partial charge in [-0.15, -0.1) is 0 Å². The zero-order valence-electron chi connectivity index (χ0n) is 7.80. The Morgan fingerprint density at radius 2 is 2.57 bits per heavy atom. The second-order valence-corrected chi connectivity index (χ2v) is 3.16. The average molecular weight is 190 g/mol. The van der Waals surface area contributed by atoms with E-state index < -0.39 is 0 Å². The molecule has 0 saturated heterocycles. The van der Waals surface area contributed by atoms with Gasteiger partial charge in [-0.2, -0.15) is 0 Å². The molecule has 1 atom stereocenters. The maximum atomic E-state index is 8.40. The fourth-order valence-electron chi connectivity index (χ4n) is 1.53. The number of fused-ring (bicyclic) bond motifs is 1. The van der Waals surface area contributed by atoms with E-state index in [1.54, 1.807) is 6.20 Å². The summed E-state index contributed by atoms with van der Waals surface area (Å²) >= 11 is 0. The van der Waals surface area contributed by atoms with E-state index in [0.29, 0.717) is 0 Å². The summed E-state index contributed by atoms with van der Waals surface area (Å²) in [7, 11) is 0. The van der Waals surface area contributed by atoms with E-state index in [9.17, 15) is 0 Å². The molecular weight excluding hydrogens is 180 g/mol. The van der Waals surface area contributed by atoms with Gasteiger partial charge in [0.2, 0.25) is 0 Å². The molecule has 6 heteroatoms. The average Bonchev–Trinajstić information content (AvgIpc) is 2.18. The highest BCUT2D eigenvalue weighted by molar-refractivity contribution is 5.47. The van der Waals surface area contributed by atoms with Crippen LogP contribution in [0.2, 0.25) is 0 Å². The van der Waals surface area contributed by atoms with E-state index in [0.717, 1.165) is 30.2 Å². The molecule has 1 N–H and O–H groups in total. The Morgan fingerprint density at radius 3 is 3.36 bits per heavy atom. The third-order valence-electron chi connectivity index (χ3n) is 2.20. The van der Waals surface area contributed by atoms with Gasteiger partial charge < -0.3 is 5.32 Å². The zero-order chi connectivity index (χ0) is 9.97. The summed E-state index contributed by atoms with van der Waals surface area (Å²) in [6, 6.07) is -0.128. The highest BCUT2D eigenvalue weighted by atomic mass is 15.2. The molecule has 1 aromatic rings. The first-order chi connectivity index (χ1) is 6.81. The fraction of sp³-hybridized carbons (Fsp3) is 0.500. The maximum Gasteiger partial charge on any atom is 0.133 e. The highest BCUT2D eigenvalue weighted by Crippen LogP contribution is 2.30. The molecule has 0 aliphatic carbocycles. The summed E-state index contributed by atoms with van der Waals surface area (Å²) in [5.41, 5.74) is 9.28. The Balaban J connectivity index is 2.44. The molecule has 0 fully saturated rings. The molecule has 14 heavy (non-hydrogen) atoms. The number of hydrogen-bond donors (Lipinski definition) is 1. The van der Waals surface area contributed by atoms with Crippen LogP contribution in [0, 0.1) is 6.92 Å². The SMILES string of the molecule is Cc1ncc2c(n1)NCCC2N=[N+]=[N-]. The zero-order valence-corrected chi connectivity index (χ0v) is 7.80. The van der Waals surface area contributed by atoms with Crippen molar-refractivity contribution in [3.63, 3.8) is 0 Å². The maximum absolute atomic E-state index is 8.40. The predicted octanol–water partition coefficient (Wildman–Crippen LogP) is 1.95. The van der Waals surface area contributed by atoms with Crippen molar-refractivity contribution in [3.8, 4) is 0 Å². The first-order valence-corrected chi connectivity index (χ1v) is 4.43. The van der Waals surface area contributed by atoms with Gasteiger partial charge in [0, 0.05) is 23.2 Å². The van der Waals surface area contributed by atoms with Crippen LogP contribution in [0.4, 0.5) is 5.82 Å². The minimum absolute atomic E-state index is 0.128. The van der Waals surface area contributed by atoms with Gasteiger partial charge in [-0.05, 0) is 18.9 Å². The van der Waals surface area contributed by atoms with Crippen LogP contribution >= 0.6 is 0 Å². The van der Waals surface area contributed by atoms with E-state index in [1.165, 1.54) is 0 Å². The molecule has 0 radical (unpaired) electrons. The van der Waals surface area contributed by atoms with Crippen molar-refractivity contribution in [2.45, 2.75) is 19.4 Å². The van der Waals surface area contributed by atoms with Crippen molar-refractivity contribution < 1.29 is 0 Å². The lowest BCUT2D eigenvalue weighted by Gasteiger charge is -2.21. The summed E-state index contributed by atoms with van der Waals surface area (Å²) in [5, 5.41) is 6.87. The quantitative estimate of drug-likeness (QED) is 0.417. The molecule has 0 saturated carbocycles. The monoisotopic (exact) mass is 190 g/mol. The van der Waals surface area contributed by atoms with Gasteiger partial charge in [-0.3, -0.25) is 0 Å². The standard InChI is InChI=1S/C8H10N6/c1-5-11-4-6-7(13-14-9)2-3-10-8(6)12-5/h4,7H,2-3H2,1H3,(H,10,11,12). The predicted molar refractivity (Wildman–Crippen MR) is 51.8 cm³/mol. The summed E-state index contributed by atoms with van der Waals surface area (Å²) in [5.74, 6) is 1.51. The van der Waals surface area contributed by atoms with E-state index in [2.05, 4.69) is 25.3 Å². The van der Waals surface area contributed by atoms with Gasteiger partial charge in [-0.1, -0.05) is 5.11 Å². The molecule has 1 aromatic heterocycles. The van der Waals surface area contributed by atoms with Crippen LogP contribution in [0.25, 0.3) is 10.4 Å². The Kier molecular flexibility index (Phi) is 2.20. The van der Waals surface area contributed by atoms with Crippen molar-refractivity contribution in [1.82, 2.24) is 9.97 Å². The molecule has 0 amide bonds. The first kappa shape index (κ1) is 8.77. The molecule has 2 heterocycles. The van der Waals surface area contributed by atoms with Gasteiger partial charge >= 0.3 is 0 Å². The topological polar surface area (TPSA) is 86.6 Å². The number of rotatable bonds is 1. The van der Waals surface area contributed by atoms with Gasteiger partial charge in [0.05, 0.1) is 6.04 Å². The molecule has 0 bridgehead atoms. The number of aromatic nitrogens is 2. The van der Waals surface area contributed by atoms with Crippen LogP contribution in [0.3, 0.4) is 0 Å². The molecule has 2 rings (SSSR count). The van der Waals surface area contributed by atoms with Crippen LogP contribution in [-0.4, -0.2) is 16.5 Å². The molecule has 1 aliphatic rings. The van der Waals surface area contributed by atoms with Crippen LogP contribution in [0.1, 0.15) is 23.9 Å². The van der Waals surface area contributed by atoms with Crippen molar-refractivity contribution in [2.24, 2.45) is 5.11 Å². The number of azide groups is 1. The lowest BCUT2D eigenvalue weighted by Crippen LogP contribution is -2.17. The van der Waals surface area contributed by atoms with Crippen molar-refractivity contribution in [1.29, 1.82) is 0 Å². The van der Waals surface area contributed by atoms with Crippen LogP contribution < -0.4 is 5.32 Å². The van der Waals surface area contributed by atoms with E-state index in [1.807, 2.05) is 6.92 Å². The second kappa shape index (κ2) is 3.51. The molecule has 1 unspecified atom stereocenters. The van der Waals surface area contributed by atoms with E-state index in [-0.39, 0.29) is 6.04 Å². The van der Waals surface area contributed by atoms with Gasteiger partial charge in [0.25, 0.3) is 0 Å². The summed E-state index contributed by atoms with van der Waals surface area (Å²) < 4.78 is 0. The molecule has 72 valence electrons. The Morgan fingerprint density at radius 1 is 1.71 bits per heavy atom. The smallest absolute Gasteiger partial charge is 0.133 e. The van der Waals surface area contributed by atoms with Crippen LogP contribution in [0.15, 0.2) is 11.3 Å².